The number of nitrogens with one attached hydrogen (secondary N) is 1. The number of hydrogen-bond acceptors (Lipinski definition) is 10. The van der Waals surface area contributed by atoms with Gasteiger partial charge in [0.15, 0.2) is 5.78 Å². The van der Waals surface area contributed by atoms with Crippen molar-refractivity contribution in [1.29, 1.82) is 0 Å². The molecule has 3 fully saturated rings. The summed E-state index contributed by atoms with van der Waals surface area (Å²) >= 11 is 0. The number of carbonyl (C=O) groups excluding carboxylic acids is 4. The normalized spacial score (nSPS) is 29.7. The van der Waals surface area contributed by atoms with Crippen LogP contribution in [-0.2, 0) is 33.9 Å². The second-order valence-electron chi connectivity index (χ2n) is 17.1. The zero-order valence-electron chi connectivity index (χ0n) is 33.0. The summed E-state index contributed by atoms with van der Waals surface area (Å²) in [5.74, 6) is -1.87. The first-order valence-electron chi connectivity index (χ1n) is 20.0. The summed E-state index contributed by atoms with van der Waals surface area (Å²) in [7, 11) is -3.85. The number of allylic oxidation sites excluding steroid dienone is 2. The Kier molecular flexibility index (Phi) is 12.0. The minimum Gasteiger partial charge on any atom is -0.492 e. The zero-order valence-corrected chi connectivity index (χ0v) is 33.9. The van der Waals surface area contributed by atoms with E-state index in [0.717, 1.165) is 23.6 Å². The SMILES string of the molecule is CCOc1cnc(O[C@@H]2C[C@H]3C(=O)C[C@]4(C(=O)NS(=O)(=O)C5CC5)C[C@H]4/C=C\CC[C@@H](C)C[C@@H](CC)[C@H](CC(=O)OC(C)(C)C)C(=O)N3C2)c2ccccc12. The second-order valence-corrected chi connectivity index (χ2v) is 19.0. The Labute approximate surface area is 325 Å². The highest BCUT2D eigenvalue weighted by molar-refractivity contribution is 7.90. The number of benzene rings is 1. The number of carbonyl (C=O) groups is 4. The van der Waals surface area contributed by atoms with Gasteiger partial charge in [-0.1, -0.05) is 50.6 Å². The van der Waals surface area contributed by atoms with Crippen molar-refractivity contribution >= 4 is 44.4 Å². The van der Waals surface area contributed by atoms with Gasteiger partial charge in [0.1, 0.15) is 17.5 Å². The summed E-state index contributed by atoms with van der Waals surface area (Å²) in [5, 5.41) is 0.939. The minimum atomic E-state index is -3.85. The first-order valence-corrected chi connectivity index (χ1v) is 21.5. The Bertz CT molecular complexity index is 1920. The van der Waals surface area contributed by atoms with Crippen molar-refractivity contribution in [3.05, 3.63) is 42.6 Å². The molecule has 0 spiro atoms. The number of nitrogens with zero attached hydrogens (tertiary/aromatic N) is 2. The van der Waals surface area contributed by atoms with E-state index in [9.17, 15) is 27.6 Å². The smallest absolute Gasteiger partial charge is 0.307 e. The van der Waals surface area contributed by atoms with Crippen LogP contribution in [-0.4, -0.2) is 78.0 Å². The fourth-order valence-corrected chi connectivity index (χ4v) is 9.85. The van der Waals surface area contributed by atoms with Gasteiger partial charge in [-0.25, -0.2) is 13.4 Å². The van der Waals surface area contributed by atoms with Crippen LogP contribution in [0.25, 0.3) is 10.8 Å². The molecule has 3 heterocycles. The second kappa shape index (κ2) is 16.2. The molecule has 13 heteroatoms. The number of pyridine rings is 1. The molecule has 1 aromatic heterocycles. The Morgan fingerprint density at radius 3 is 2.45 bits per heavy atom. The van der Waals surface area contributed by atoms with Crippen LogP contribution in [0.2, 0.25) is 0 Å². The average Bonchev–Trinajstić information content (AvgIpc) is 4.05. The highest BCUT2D eigenvalue weighted by Gasteiger charge is 2.61. The molecule has 2 aliphatic carbocycles. The molecule has 4 aliphatic rings. The van der Waals surface area contributed by atoms with Gasteiger partial charge in [-0.2, -0.15) is 0 Å². The number of hydrogen-bond donors (Lipinski definition) is 1. The molecule has 1 saturated heterocycles. The molecule has 0 bridgehead atoms. The first-order chi connectivity index (χ1) is 26.0. The zero-order chi connectivity index (χ0) is 39.7. The Morgan fingerprint density at radius 1 is 1.05 bits per heavy atom. The van der Waals surface area contributed by atoms with Crippen LogP contribution in [0.15, 0.2) is 42.6 Å². The molecule has 2 amide bonds. The molecule has 2 saturated carbocycles. The lowest BCUT2D eigenvalue weighted by molar-refractivity contribution is -0.160. The van der Waals surface area contributed by atoms with Crippen LogP contribution in [0.1, 0.15) is 106 Å². The number of amides is 2. The first kappa shape index (κ1) is 40.7. The van der Waals surface area contributed by atoms with E-state index in [1.165, 1.54) is 0 Å². The Balaban J connectivity index is 1.36. The Morgan fingerprint density at radius 2 is 1.78 bits per heavy atom. The largest absolute Gasteiger partial charge is 0.492 e. The van der Waals surface area contributed by atoms with Gasteiger partial charge in [0, 0.05) is 23.6 Å². The lowest BCUT2D eigenvalue weighted by Gasteiger charge is -2.33. The fourth-order valence-electron chi connectivity index (χ4n) is 8.47. The summed E-state index contributed by atoms with van der Waals surface area (Å²) < 4.78 is 46.3. The predicted molar refractivity (Wildman–Crippen MR) is 208 cm³/mol. The van der Waals surface area contributed by atoms with Crippen LogP contribution >= 0.6 is 0 Å². The number of ether oxygens (including phenoxy) is 3. The molecule has 6 rings (SSSR count). The van der Waals surface area contributed by atoms with Crippen LogP contribution < -0.4 is 14.2 Å². The van der Waals surface area contributed by atoms with E-state index in [2.05, 4.69) is 16.6 Å². The van der Waals surface area contributed by atoms with Crippen molar-refractivity contribution in [2.75, 3.05) is 13.2 Å². The molecule has 0 unspecified atom stereocenters. The van der Waals surface area contributed by atoms with E-state index in [4.69, 9.17) is 14.2 Å². The van der Waals surface area contributed by atoms with Gasteiger partial charge in [0.25, 0.3) is 0 Å². The third-order valence-corrected chi connectivity index (χ3v) is 13.4. The number of aromatic nitrogens is 1. The summed E-state index contributed by atoms with van der Waals surface area (Å²) in [5.41, 5.74) is -1.99. The third-order valence-electron chi connectivity index (χ3n) is 11.6. The fraction of sp³-hybridized carbons (Fsp3) is 0.643. The predicted octanol–water partition coefficient (Wildman–Crippen LogP) is 6.31. The van der Waals surface area contributed by atoms with Gasteiger partial charge in [0.2, 0.25) is 27.7 Å². The van der Waals surface area contributed by atoms with E-state index in [-0.39, 0.29) is 55.3 Å². The number of ketones is 1. The van der Waals surface area contributed by atoms with E-state index in [0.29, 0.717) is 50.3 Å². The highest BCUT2D eigenvalue weighted by Crippen LogP contribution is 2.57. The molecule has 1 N–H and O–H groups in total. The number of fused-ring (bicyclic) bond motifs is 3. The van der Waals surface area contributed by atoms with Gasteiger partial charge in [-0.15, -0.1) is 0 Å². The van der Waals surface area contributed by atoms with Crippen molar-refractivity contribution in [3.8, 4) is 11.6 Å². The number of Topliss-reactive ketones (excluding diaryl/α,β-unsaturated/α-hetero) is 1. The average molecular weight is 780 g/mol. The lowest BCUT2D eigenvalue weighted by atomic mass is 9.79. The van der Waals surface area contributed by atoms with Crippen LogP contribution in [0.4, 0.5) is 0 Å². The summed E-state index contributed by atoms with van der Waals surface area (Å²) in [6, 6.07) is 6.61. The van der Waals surface area contributed by atoms with Crippen molar-refractivity contribution in [2.24, 2.45) is 29.1 Å². The molecule has 7 atom stereocenters. The van der Waals surface area contributed by atoms with Crippen molar-refractivity contribution < 1.29 is 41.8 Å². The molecular formula is C42H57N3O9S. The van der Waals surface area contributed by atoms with Crippen LogP contribution in [0.5, 0.6) is 11.6 Å². The minimum absolute atomic E-state index is 0.0633. The lowest BCUT2D eigenvalue weighted by Crippen LogP contribution is -2.48. The van der Waals surface area contributed by atoms with Crippen LogP contribution in [0.3, 0.4) is 0 Å². The summed E-state index contributed by atoms with van der Waals surface area (Å²) in [6.07, 6.45) is 8.95. The number of esters is 1. The van der Waals surface area contributed by atoms with E-state index in [1.54, 1.807) is 31.9 Å². The summed E-state index contributed by atoms with van der Waals surface area (Å²) in [6.45, 7) is 12.0. The quantitative estimate of drug-likeness (QED) is 0.214. The van der Waals surface area contributed by atoms with E-state index in [1.807, 2.05) is 50.3 Å². The van der Waals surface area contributed by atoms with Crippen molar-refractivity contribution in [1.82, 2.24) is 14.6 Å². The molecule has 300 valence electrons. The highest BCUT2D eigenvalue weighted by atomic mass is 32.2. The Hall–Kier alpha value is -4.00. The molecular weight excluding hydrogens is 723 g/mol. The maximum Gasteiger partial charge on any atom is 0.307 e. The molecule has 2 aliphatic heterocycles. The maximum absolute atomic E-state index is 15.0. The maximum atomic E-state index is 15.0. The number of rotatable bonds is 10. The van der Waals surface area contributed by atoms with Crippen molar-refractivity contribution in [2.45, 2.75) is 129 Å². The van der Waals surface area contributed by atoms with Gasteiger partial charge < -0.3 is 19.1 Å². The standard InChI is InChI=1S/C42H57N3O9S/c1-7-27-19-26(3)13-9-10-14-28-22-42(28,40(49)44-55(50,51)30-17-18-30)23-35(46)34-20-29(25-45(34)39(48)33(27)21-37(47)54-41(4,5)6)53-38-32-16-12-11-15-31(32)36(24-43-38)52-8-2/h10-12,14-16,24,26-30,33-34H,7-9,13,17-23,25H2,1-6H3,(H,44,49)/b14-10-/t26-,27-,28-,29-,33+,34+,42-/m1/s1. The van der Waals surface area contributed by atoms with Gasteiger partial charge in [0.05, 0.1) is 48.4 Å². The van der Waals surface area contributed by atoms with E-state index >= 15 is 0 Å². The van der Waals surface area contributed by atoms with Gasteiger partial charge in [-0.3, -0.25) is 23.9 Å². The molecule has 1 aromatic carbocycles. The topological polar surface area (TPSA) is 158 Å². The van der Waals surface area contributed by atoms with E-state index < -0.39 is 56.2 Å². The van der Waals surface area contributed by atoms with Gasteiger partial charge in [-0.05, 0) is 90.0 Å². The van der Waals surface area contributed by atoms with Crippen LogP contribution in [0, 0.1) is 29.1 Å². The van der Waals surface area contributed by atoms with Gasteiger partial charge >= 0.3 is 5.97 Å². The summed E-state index contributed by atoms with van der Waals surface area (Å²) in [4.78, 5) is 63.1. The molecule has 55 heavy (non-hydrogen) atoms. The van der Waals surface area contributed by atoms with Crippen molar-refractivity contribution in [3.63, 3.8) is 0 Å². The monoisotopic (exact) mass is 779 g/mol. The third kappa shape index (κ3) is 9.35. The molecule has 2 aromatic rings. The molecule has 12 nitrogen and oxygen atoms in total. The number of sulfonamides is 1. The molecule has 0 radical (unpaired) electrons.